The number of carboxylic acid groups (broad SMARTS) is 1. The summed E-state index contributed by atoms with van der Waals surface area (Å²) < 4.78 is 28.4. The maximum Gasteiger partial charge on any atom is 0.407 e. The first-order valence-corrected chi connectivity index (χ1v) is 11.1. The van der Waals surface area contributed by atoms with E-state index >= 15 is 0 Å². The minimum atomic E-state index is -3.77. The van der Waals surface area contributed by atoms with Gasteiger partial charge in [-0.15, -0.1) is 0 Å². The van der Waals surface area contributed by atoms with Crippen LogP contribution in [0.25, 0.3) is 11.1 Å². The van der Waals surface area contributed by atoms with Crippen molar-refractivity contribution in [2.24, 2.45) is 5.14 Å². The Morgan fingerprint density at radius 1 is 1.23 bits per heavy atom. The van der Waals surface area contributed by atoms with Gasteiger partial charge in [0.2, 0.25) is 16.0 Å². The third-order valence-electron chi connectivity index (χ3n) is 5.34. The number of nitrogens with two attached hydrogens (primary N) is 1. The summed E-state index contributed by atoms with van der Waals surface area (Å²) in [6.45, 7) is 1.25. The number of primary sulfonamides is 1. The van der Waals surface area contributed by atoms with Crippen molar-refractivity contribution in [3.05, 3.63) is 36.6 Å². The monoisotopic (exact) mass is 446 g/mol. The third-order valence-corrected chi connectivity index (χ3v) is 6.27. The standard InChI is InChI=1S/C19H22N6O5S/c1-24(19(26)27)13-6-9-25(10-7-13)17-16-15(8-11-30-16)22-18(23-17)21-12-2-4-14(5-3-12)31(20,28)29/h2-5,8,11,13H,6-7,9-10H2,1H3,(H,26,27)(H2,20,28,29)(H,21,22,23). The van der Waals surface area contributed by atoms with Crippen molar-refractivity contribution < 1.29 is 22.7 Å². The number of carbonyl (C=O) groups is 1. The number of nitrogens with zero attached hydrogens (tertiary/aromatic N) is 4. The highest BCUT2D eigenvalue weighted by Gasteiger charge is 2.27. The second kappa shape index (κ2) is 8.04. The molecule has 0 aliphatic carbocycles. The highest BCUT2D eigenvalue weighted by atomic mass is 32.2. The number of furan rings is 1. The first-order chi connectivity index (χ1) is 14.7. The molecule has 31 heavy (non-hydrogen) atoms. The van der Waals surface area contributed by atoms with E-state index in [9.17, 15) is 18.3 Å². The van der Waals surface area contributed by atoms with Gasteiger partial charge in [-0.05, 0) is 37.1 Å². The largest absolute Gasteiger partial charge is 0.465 e. The molecule has 1 aliphatic rings. The zero-order chi connectivity index (χ0) is 22.2. The number of fused-ring (bicyclic) bond motifs is 1. The molecule has 0 bridgehead atoms. The summed E-state index contributed by atoms with van der Waals surface area (Å²) in [6.07, 6.45) is 1.95. The van der Waals surface area contributed by atoms with Gasteiger partial charge in [0.1, 0.15) is 5.52 Å². The second-order valence-corrected chi connectivity index (χ2v) is 8.87. The van der Waals surface area contributed by atoms with Crippen LogP contribution < -0.4 is 15.4 Å². The molecule has 0 saturated carbocycles. The molecule has 1 aromatic carbocycles. The normalized spacial score (nSPS) is 15.2. The van der Waals surface area contributed by atoms with E-state index in [-0.39, 0.29) is 10.9 Å². The van der Waals surface area contributed by atoms with Crippen molar-refractivity contribution in [2.45, 2.75) is 23.8 Å². The van der Waals surface area contributed by atoms with E-state index in [0.29, 0.717) is 54.5 Å². The van der Waals surface area contributed by atoms with Crippen LogP contribution in [-0.2, 0) is 10.0 Å². The van der Waals surface area contributed by atoms with E-state index < -0.39 is 16.1 Å². The summed E-state index contributed by atoms with van der Waals surface area (Å²) in [4.78, 5) is 23.7. The Morgan fingerprint density at radius 3 is 2.52 bits per heavy atom. The zero-order valence-electron chi connectivity index (χ0n) is 16.7. The number of anilines is 3. The molecule has 1 amide bonds. The second-order valence-electron chi connectivity index (χ2n) is 7.31. The summed E-state index contributed by atoms with van der Waals surface area (Å²) in [5, 5.41) is 17.4. The van der Waals surface area contributed by atoms with Gasteiger partial charge in [-0.3, -0.25) is 0 Å². The average Bonchev–Trinajstić information content (AvgIpc) is 3.21. The number of sulfonamides is 1. The summed E-state index contributed by atoms with van der Waals surface area (Å²) in [7, 11) is -2.18. The van der Waals surface area contributed by atoms with Gasteiger partial charge in [-0.25, -0.2) is 23.3 Å². The highest BCUT2D eigenvalue weighted by molar-refractivity contribution is 7.89. The molecule has 12 heteroatoms. The van der Waals surface area contributed by atoms with Gasteiger partial charge in [-0.1, -0.05) is 0 Å². The summed E-state index contributed by atoms with van der Waals surface area (Å²) >= 11 is 0. The Morgan fingerprint density at radius 2 is 1.90 bits per heavy atom. The Labute approximate surface area is 178 Å². The highest BCUT2D eigenvalue weighted by Crippen LogP contribution is 2.30. The zero-order valence-corrected chi connectivity index (χ0v) is 17.5. The fourth-order valence-electron chi connectivity index (χ4n) is 3.60. The van der Waals surface area contributed by atoms with Crippen molar-refractivity contribution in [3.8, 4) is 0 Å². The van der Waals surface area contributed by atoms with Crippen molar-refractivity contribution >= 4 is 44.7 Å². The lowest BCUT2D eigenvalue weighted by Crippen LogP contribution is -2.45. The summed E-state index contributed by atoms with van der Waals surface area (Å²) in [6, 6.07) is 7.65. The van der Waals surface area contributed by atoms with Gasteiger partial charge in [0.05, 0.1) is 11.2 Å². The molecule has 2 aromatic heterocycles. The molecular formula is C19H22N6O5S. The number of amides is 1. The molecule has 3 heterocycles. The topological polar surface area (TPSA) is 155 Å². The SMILES string of the molecule is CN(C(=O)O)C1CCN(c2nc(Nc3ccc(S(N)(=O)=O)cc3)nc3ccoc23)CC1. The number of nitrogens with one attached hydrogen (secondary N) is 1. The molecule has 3 aromatic rings. The lowest BCUT2D eigenvalue weighted by atomic mass is 10.0. The molecule has 0 unspecified atom stereocenters. The van der Waals surface area contributed by atoms with Crippen LogP contribution in [0.4, 0.5) is 22.2 Å². The third kappa shape index (κ3) is 4.39. The smallest absolute Gasteiger partial charge is 0.407 e. The summed E-state index contributed by atoms with van der Waals surface area (Å²) in [5.41, 5.74) is 1.78. The number of rotatable bonds is 5. The Balaban J connectivity index is 1.57. The minimum absolute atomic E-state index is 0.0131. The number of hydrogen-bond donors (Lipinski definition) is 3. The molecule has 164 valence electrons. The minimum Gasteiger partial charge on any atom is -0.465 e. The molecule has 4 N–H and O–H groups in total. The lowest BCUT2D eigenvalue weighted by molar-refractivity contribution is 0.131. The van der Waals surface area contributed by atoms with Crippen molar-refractivity contribution in [1.29, 1.82) is 0 Å². The maximum atomic E-state index is 11.4. The van der Waals surface area contributed by atoms with Crippen molar-refractivity contribution in [2.75, 3.05) is 30.4 Å². The van der Waals surface area contributed by atoms with E-state index in [4.69, 9.17) is 9.56 Å². The molecule has 1 fully saturated rings. The maximum absolute atomic E-state index is 11.4. The van der Waals surface area contributed by atoms with E-state index in [2.05, 4.69) is 20.2 Å². The first-order valence-electron chi connectivity index (χ1n) is 9.58. The van der Waals surface area contributed by atoms with E-state index in [1.165, 1.54) is 17.0 Å². The molecule has 1 aliphatic heterocycles. The molecular weight excluding hydrogens is 424 g/mol. The van der Waals surface area contributed by atoms with Gasteiger partial charge in [0, 0.05) is 37.9 Å². The quantitative estimate of drug-likeness (QED) is 0.535. The first kappa shape index (κ1) is 20.9. The van der Waals surface area contributed by atoms with Crippen LogP contribution in [0.15, 0.2) is 45.9 Å². The Hall–Kier alpha value is -3.38. The van der Waals surface area contributed by atoms with Crippen LogP contribution in [0.5, 0.6) is 0 Å². The lowest BCUT2D eigenvalue weighted by Gasteiger charge is -2.36. The molecule has 1 saturated heterocycles. The average molecular weight is 446 g/mol. The number of piperidine rings is 1. The van der Waals surface area contributed by atoms with Gasteiger partial charge >= 0.3 is 6.09 Å². The fourth-order valence-corrected chi connectivity index (χ4v) is 4.11. The molecule has 0 radical (unpaired) electrons. The number of hydrogen-bond acceptors (Lipinski definition) is 8. The van der Waals surface area contributed by atoms with Crippen LogP contribution in [0.1, 0.15) is 12.8 Å². The van der Waals surface area contributed by atoms with E-state index in [0.717, 1.165) is 0 Å². The molecule has 0 atom stereocenters. The Kier molecular flexibility index (Phi) is 5.41. The Bertz CT molecular complexity index is 1200. The van der Waals surface area contributed by atoms with Crippen LogP contribution in [-0.4, -0.2) is 60.7 Å². The molecule has 4 rings (SSSR count). The van der Waals surface area contributed by atoms with E-state index in [1.54, 1.807) is 31.5 Å². The molecule has 11 nitrogen and oxygen atoms in total. The van der Waals surface area contributed by atoms with Crippen molar-refractivity contribution in [1.82, 2.24) is 14.9 Å². The number of benzene rings is 1. The van der Waals surface area contributed by atoms with Gasteiger partial charge in [-0.2, -0.15) is 4.98 Å². The van der Waals surface area contributed by atoms with Crippen LogP contribution >= 0.6 is 0 Å². The van der Waals surface area contributed by atoms with Gasteiger partial charge in [0.15, 0.2) is 11.4 Å². The number of aromatic nitrogens is 2. The van der Waals surface area contributed by atoms with Crippen LogP contribution in [0.2, 0.25) is 0 Å². The predicted molar refractivity (Wildman–Crippen MR) is 114 cm³/mol. The fraction of sp³-hybridized carbons (Fsp3) is 0.316. The van der Waals surface area contributed by atoms with Crippen LogP contribution in [0, 0.1) is 0 Å². The summed E-state index contributed by atoms with van der Waals surface area (Å²) in [5.74, 6) is 0.951. The van der Waals surface area contributed by atoms with Gasteiger partial charge < -0.3 is 24.6 Å². The van der Waals surface area contributed by atoms with E-state index in [1.807, 2.05) is 0 Å². The molecule has 0 spiro atoms. The van der Waals surface area contributed by atoms with Gasteiger partial charge in [0.25, 0.3) is 0 Å². The van der Waals surface area contributed by atoms with Crippen molar-refractivity contribution in [3.63, 3.8) is 0 Å². The van der Waals surface area contributed by atoms with Crippen LogP contribution in [0.3, 0.4) is 0 Å². The predicted octanol–water partition coefficient (Wildman–Crippen LogP) is 2.19.